The van der Waals surface area contributed by atoms with E-state index in [1.54, 1.807) is 0 Å². The fourth-order valence-corrected chi connectivity index (χ4v) is 3.24. The number of hydrogen-bond acceptors (Lipinski definition) is 3. The number of fused-ring (bicyclic) bond motifs is 1. The van der Waals surface area contributed by atoms with Crippen molar-refractivity contribution >= 4 is 0 Å². The molecule has 1 saturated carbocycles. The van der Waals surface area contributed by atoms with Crippen molar-refractivity contribution in [3.05, 3.63) is 23.8 Å². The molecular weight excluding hydrogens is 250 g/mol. The molecule has 110 valence electrons. The summed E-state index contributed by atoms with van der Waals surface area (Å²) in [6.07, 6.45) is 0.951. The molecule has 1 fully saturated rings. The lowest BCUT2D eigenvalue weighted by atomic mass is 10.0. The highest BCUT2D eigenvalue weighted by atomic mass is 16.5. The first kappa shape index (κ1) is 13.7. The number of nitrogens with one attached hydrogen (secondary N) is 1. The predicted molar refractivity (Wildman–Crippen MR) is 80.2 cm³/mol. The van der Waals surface area contributed by atoms with E-state index in [-0.39, 0.29) is 0 Å². The minimum Gasteiger partial charge on any atom is -0.490 e. The summed E-state index contributed by atoms with van der Waals surface area (Å²) in [4.78, 5) is 0. The van der Waals surface area contributed by atoms with Crippen molar-refractivity contribution in [1.82, 2.24) is 5.32 Å². The summed E-state index contributed by atoms with van der Waals surface area (Å²) >= 11 is 0. The second kappa shape index (κ2) is 4.66. The topological polar surface area (TPSA) is 30.5 Å². The molecule has 0 atom stereocenters. The number of rotatable bonds is 3. The van der Waals surface area contributed by atoms with E-state index in [0.29, 0.717) is 16.9 Å². The van der Waals surface area contributed by atoms with Crippen LogP contribution >= 0.6 is 0 Å². The third kappa shape index (κ3) is 2.18. The molecule has 1 aromatic carbocycles. The van der Waals surface area contributed by atoms with Gasteiger partial charge in [-0.05, 0) is 28.5 Å². The minimum atomic E-state index is 0.373. The Hall–Kier alpha value is -1.22. The van der Waals surface area contributed by atoms with E-state index in [9.17, 15) is 0 Å². The van der Waals surface area contributed by atoms with Gasteiger partial charge in [-0.2, -0.15) is 0 Å². The molecule has 0 unspecified atom stereocenters. The van der Waals surface area contributed by atoms with E-state index in [4.69, 9.17) is 9.47 Å². The fourth-order valence-electron chi connectivity index (χ4n) is 3.24. The first-order valence-corrected chi connectivity index (χ1v) is 7.55. The van der Waals surface area contributed by atoms with Crippen LogP contribution in [0, 0.1) is 10.8 Å². The zero-order chi connectivity index (χ0) is 14.4. The van der Waals surface area contributed by atoms with Gasteiger partial charge in [0, 0.05) is 19.0 Å². The van der Waals surface area contributed by atoms with Crippen molar-refractivity contribution in [3.63, 3.8) is 0 Å². The number of benzene rings is 1. The molecule has 1 aromatic rings. The first-order chi connectivity index (χ1) is 9.43. The van der Waals surface area contributed by atoms with Crippen LogP contribution in [0.4, 0.5) is 0 Å². The molecule has 0 radical (unpaired) electrons. The molecule has 3 rings (SSSR count). The highest BCUT2D eigenvalue weighted by Gasteiger charge is 2.64. The first-order valence-electron chi connectivity index (χ1n) is 7.55. The lowest BCUT2D eigenvalue weighted by molar-refractivity contribution is 0.297. The van der Waals surface area contributed by atoms with Crippen molar-refractivity contribution < 1.29 is 9.47 Å². The minimum absolute atomic E-state index is 0.373. The molecule has 1 N–H and O–H groups in total. The molecule has 3 heteroatoms. The Kier molecular flexibility index (Phi) is 3.20. The molecule has 0 saturated heterocycles. The third-order valence-corrected chi connectivity index (χ3v) is 5.34. The Morgan fingerprint density at radius 3 is 2.35 bits per heavy atom. The van der Waals surface area contributed by atoms with Crippen molar-refractivity contribution in [2.24, 2.45) is 10.8 Å². The summed E-state index contributed by atoms with van der Waals surface area (Å²) in [6, 6.07) is 6.84. The largest absolute Gasteiger partial charge is 0.490 e. The van der Waals surface area contributed by atoms with Crippen molar-refractivity contribution in [2.75, 3.05) is 13.2 Å². The fraction of sp³-hybridized carbons (Fsp3) is 0.647. The molecule has 1 aliphatic carbocycles. The van der Waals surface area contributed by atoms with Crippen LogP contribution < -0.4 is 14.8 Å². The van der Waals surface area contributed by atoms with E-state index in [0.717, 1.165) is 37.7 Å². The highest BCUT2D eigenvalue weighted by Crippen LogP contribution is 2.62. The average Bonchev–Trinajstić information content (AvgIpc) is 2.91. The second-order valence-electron chi connectivity index (χ2n) is 7.09. The van der Waals surface area contributed by atoms with E-state index < -0.39 is 0 Å². The van der Waals surface area contributed by atoms with Crippen LogP contribution in [-0.2, 0) is 6.54 Å². The normalized spacial score (nSPS) is 23.2. The average molecular weight is 275 g/mol. The summed E-state index contributed by atoms with van der Waals surface area (Å²) < 4.78 is 11.4. The summed E-state index contributed by atoms with van der Waals surface area (Å²) in [5.74, 6) is 1.76. The van der Waals surface area contributed by atoms with Crippen LogP contribution in [0.3, 0.4) is 0 Å². The molecular formula is C17H25NO2. The van der Waals surface area contributed by atoms with Gasteiger partial charge in [0.15, 0.2) is 11.5 Å². The zero-order valence-electron chi connectivity index (χ0n) is 13.0. The number of ether oxygens (including phenoxy) is 2. The Morgan fingerprint density at radius 2 is 1.70 bits per heavy atom. The lowest BCUT2D eigenvalue weighted by Gasteiger charge is -2.11. The van der Waals surface area contributed by atoms with Gasteiger partial charge < -0.3 is 14.8 Å². The molecule has 0 aromatic heterocycles. The monoisotopic (exact) mass is 275 g/mol. The van der Waals surface area contributed by atoms with Gasteiger partial charge in [0.25, 0.3) is 0 Å². The standard InChI is InChI=1S/C17H25NO2/c1-16(2)15(17(16,3)4)18-11-12-6-7-13-14(10-12)20-9-5-8-19-13/h6-7,10,15,18H,5,8-9,11H2,1-4H3. The van der Waals surface area contributed by atoms with Gasteiger partial charge in [-0.1, -0.05) is 33.8 Å². The van der Waals surface area contributed by atoms with E-state index in [1.165, 1.54) is 5.56 Å². The highest BCUT2D eigenvalue weighted by molar-refractivity contribution is 5.43. The van der Waals surface area contributed by atoms with Crippen LogP contribution in [0.25, 0.3) is 0 Å². The summed E-state index contributed by atoms with van der Waals surface area (Å²) in [7, 11) is 0. The molecule has 0 bridgehead atoms. The maximum Gasteiger partial charge on any atom is 0.161 e. The van der Waals surface area contributed by atoms with E-state index in [2.05, 4.69) is 45.1 Å². The van der Waals surface area contributed by atoms with Gasteiger partial charge in [0.1, 0.15) is 0 Å². The third-order valence-electron chi connectivity index (χ3n) is 5.34. The van der Waals surface area contributed by atoms with E-state index >= 15 is 0 Å². The number of hydrogen-bond donors (Lipinski definition) is 1. The summed E-state index contributed by atoms with van der Waals surface area (Å²) in [5, 5.41) is 3.68. The van der Waals surface area contributed by atoms with Gasteiger partial charge >= 0.3 is 0 Å². The van der Waals surface area contributed by atoms with Gasteiger partial charge in [0.05, 0.1) is 13.2 Å². The summed E-state index contributed by atoms with van der Waals surface area (Å²) in [5.41, 5.74) is 2.00. The second-order valence-corrected chi connectivity index (χ2v) is 7.09. The maximum atomic E-state index is 5.74. The Balaban J connectivity index is 1.66. The Bertz CT molecular complexity index is 494. The molecule has 20 heavy (non-hydrogen) atoms. The van der Waals surface area contributed by atoms with Gasteiger partial charge in [-0.3, -0.25) is 0 Å². The lowest BCUT2D eigenvalue weighted by Crippen LogP contribution is -2.21. The SMILES string of the molecule is CC1(C)C(NCc2ccc3c(c2)OCCCO3)C1(C)C. The molecule has 3 nitrogen and oxygen atoms in total. The zero-order valence-corrected chi connectivity index (χ0v) is 13.0. The molecule has 2 aliphatic rings. The van der Waals surface area contributed by atoms with Crippen LogP contribution in [0.5, 0.6) is 11.5 Å². The molecule has 0 amide bonds. The summed E-state index contributed by atoms with van der Waals surface area (Å²) in [6.45, 7) is 11.7. The van der Waals surface area contributed by atoms with Crippen molar-refractivity contribution in [1.29, 1.82) is 0 Å². The quantitative estimate of drug-likeness (QED) is 0.917. The Morgan fingerprint density at radius 1 is 1.05 bits per heavy atom. The smallest absolute Gasteiger partial charge is 0.161 e. The van der Waals surface area contributed by atoms with Gasteiger partial charge in [-0.15, -0.1) is 0 Å². The molecule has 1 aliphatic heterocycles. The predicted octanol–water partition coefficient (Wildman–Crippen LogP) is 3.37. The van der Waals surface area contributed by atoms with Crippen LogP contribution in [0.15, 0.2) is 18.2 Å². The molecule has 0 spiro atoms. The van der Waals surface area contributed by atoms with Crippen LogP contribution in [-0.4, -0.2) is 19.3 Å². The van der Waals surface area contributed by atoms with Crippen LogP contribution in [0.2, 0.25) is 0 Å². The Labute approximate surface area is 121 Å². The van der Waals surface area contributed by atoms with Crippen LogP contribution in [0.1, 0.15) is 39.7 Å². The van der Waals surface area contributed by atoms with Gasteiger partial charge in [-0.25, -0.2) is 0 Å². The van der Waals surface area contributed by atoms with Crippen molar-refractivity contribution in [2.45, 2.75) is 46.7 Å². The van der Waals surface area contributed by atoms with E-state index in [1.807, 2.05) is 6.07 Å². The van der Waals surface area contributed by atoms with Crippen molar-refractivity contribution in [3.8, 4) is 11.5 Å². The molecule has 1 heterocycles. The van der Waals surface area contributed by atoms with Gasteiger partial charge in [0.2, 0.25) is 0 Å². The maximum absolute atomic E-state index is 5.74.